The molecule has 0 amide bonds. The number of hydrogen-bond acceptors (Lipinski definition) is 4. The highest BCUT2D eigenvalue weighted by molar-refractivity contribution is 5.84. The molecule has 0 aromatic heterocycles. The molecule has 0 heterocycles. The van der Waals surface area contributed by atoms with E-state index in [0.29, 0.717) is 11.6 Å². The molecule has 1 unspecified atom stereocenters. The lowest BCUT2D eigenvalue weighted by atomic mass is 9.98. The number of rotatable bonds is 7. The highest BCUT2D eigenvalue weighted by Gasteiger charge is 2.59. The first-order chi connectivity index (χ1) is 12.0. The van der Waals surface area contributed by atoms with Gasteiger partial charge in [0.2, 0.25) is 0 Å². The van der Waals surface area contributed by atoms with E-state index in [9.17, 15) is 5.21 Å². The summed E-state index contributed by atoms with van der Waals surface area (Å²) < 4.78 is 0. The maximum atomic E-state index is 9.26. The SMILES string of the molecule is CC=C(NO)/C(C=N[C@]1(NC2(c3ccccc3C)CC2)CC1C)=C/C. The highest BCUT2D eigenvalue weighted by Crippen LogP contribution is 2.54. The van der Waals surface area contributed by atoms with E-state index in [0.717, 1.165) is 24.8 Å². The average molecular weight is 339 g/mol. The number of nitrogens with one attached hydrogen (secondary N) is 2. The largest absolute Gasteiger partial charge is 0.291 e. The second kappa shape index (κ2) is 6.77. The van der Waals surface area contributed by atoms with Crippen LogP contribution in [0.1, 0.15) is 51.2 Å². The third-order valence-electron chi connectivity index (χ3n) is 5.60. The average Bonchev–Trinajstić information content (AvgIpc) is 3.51. The van der Waals surface area contributed by atoms with Crippen LogP contribution in [0.5, 0.6) is 0 Å². The van der Waals surface area contributed by atoms with Gasteiger partial charge < -0.3 is 0 Å². The summed E-state index contributed by atoms with van der Waals surface area (Å²) in [6.45, 7) is 8.27. The van der Waals surface area contributed by atoms with Gasteiger partial charge in [-0.2, -0.15) is 0 Å². The number of hydroxylamine groups is 1. The van der Waals surface area contributed by atoms with Crippen molar-refractivity contribution in [1.82, 2.24) is 10.8 Å². The molecule has 1 aromatic rings. The Morgan fingerprint density at radius 3 is 2.40 bits per heavy atom. The fourth-order valence-electron chi connectivity index (χ4n) is 3.69. The normalized spacial score (nSPS) is 28.3. The third kappa shape index (κ3) is 3.42. The highest BCUT2D eigenvalue weighted by atomic mass is 16.5. The first-order valence-corrected chi connectivity index (χ1v) is 9.14. The van der Waals surface area contributed by atoms with Gasteiger partial charge in [-0.15, -0.1) is 0 Å². The molecule has 2 aliphatic carbocycles. The van der Waals surface area contributed by atoms with Gasteiger partial charge in [0.25, 0.3) is 0 Å². The second-order valence-electron chi connectivity index (χ2n) is 7.37. The molecule has 2 atom stereocenters. The Balaban J connectivity index is 1.81. The summed E-state index contributed by atoms with van der Waals surface area (Å²) in [6, 6.07) is 8.65. The molecular formula is C21H29N3O. The molecular weight excluding hydrogens is 310 g/mol. The van der Waals surface area contributed by atoms with Crippen molar-refractivity contribution in [3.63, 3.8) is 0 Å². The molecule has 4 heteroatoms. The standard InChI is InChI=1S/C21H29N3O/c1-5-17(19(6-2)23-25)14-22-21(13-16(21)4)24-20(11-12-20)18-10-8-7-9-15(18)3/h5-10,14,16,23-25H,11-13H2,1-4H3/b17-5+,19-6?,22-14?/t16?,21-/m0/s1. The Kier molecular flexibility index (Phi) is 4.85. The number of allylic oxidation sites excluding steroid dienone is 3. The van der Waals surface area contributed by atoms with Crippen molar-refractivity contribution >= 4 is 6.21 Å². The molecule has 3 N–H and O–H groups in total. The van der Waals surface area contributed by atoms with Gasteiger partial charge in [0.1, 0.15) is 5.66 Å². The maximum Gasteiger partial charge on any atom is 0.114 e. The first kappa shape index (κ1) is 17.9. The number of benzene rings is 1. The van der Waals surface area contributed by atoms with Crippen molar-refractivity contribution in [3.8, 4) is 0 Å². The number of hydrogen-bond donors (Lipinski definition) is 3. The maximum absolute atomic E-state index is 9.26. The minimum absolute atomic E-state index is 0.0716. The molecule has 2 aliphatic rings. The Morgan fingerprint density at radius 2 is 1.92 bits per heavy atom. The summed E-state index contributed by atoms with van der Waals surface area (Å²) in [5.41, 5.74) is 6.44. The quantitative estimate of drug-likeness (QED) is 0.396. The van der Waals surface area contributed by atoms with E-state index in [1.54, 1.807) is 0 Å². The van der Waals surface area contributed by atoms with Crippen LogP contribution in [-0.4, -0.2) is 17.1 Å². The van der Waals surface area contributed by atoms with E-state index in [1.165, 1.54) is 11.1 Å². The van der Waals surface area contributed by atoms with Crippen LogP contribution in [0.15, 0.2) is 52.7 Å². The van der Waals surface area contributed by atoms with E-state index in [-0.39, 0.29) is 11.2 Å². The molecule has 2 fully saturated rings. The fraction of sp³-hybridized carbons (Fsp3) is 0.476. The summed E-state index contributed by atoms with van der Waals surface area (Å²) in [4.78, 5) is 4.92. The van der Waals surface area contributed by atoms with Crippen molar-refractivity contribution in [2.75, 3.05) is 0 Å². The zero-order valence-corrected chi connectivity index (χ0v) is 15.6. The molecule has 25 heavy (non-hydrogen) atoms. The van der Waals surface area contributed by atoms with Crippen LogP contribution in [0.4, 0.5) is 0 Å². The topological polar surface area (TPSA) is 56.6 Å². The molecule has 4 nitrogen and oxygen atoms in total. The molecule has 134 valence electrons. The van der Waals surface area contributed by atoms with Crippen LogP contribution < -0.4 is 10.8 Å². The summed E-state index contributed by atoms with van der Waals surface area (Å²) in [5.74, 6) is 0.513. The molecule has 0 aliphatic heterocycles. The number of aliphatic imine (C=N–C) groups is 1. The summed E-state index contributed by atoms with van der Waals surface area (Å²) in [7, 11) is 0. The van der Waals surface area contributed by atoms with Crippen molar-refractivity contribution in [1.29, 1.82) is 0 Å². The van der Waals surface area contributed by atoms with Gasteiger partial charge in [0, 0.05) is 17.3 Å². The molecule has 1 aromatic carbocycles. The minimum atomic E-state index is -0.193. The van der Waals surface area contributed by atoms with Gasteiger partial charge in [0.15, 0.2) is 0 Å². The van der Waals surface area contributed by atoms with E-state index in [2.05, 4.69) is 48.9 Å². The monoisotopic (exact) mass is 339 g/mol. The lowest BCUT2D eigenvalue weighted by molar-refractivity contribution is 0.204. The van der Waals surface area contributed by atoms with Gasteiger partial charge in [0.05, 0.1) is 5.70 Å². The smallest absolute Gasteiger partial charge is 0.114 e. The van der Waals surface area contributed by atoms with Gasteiger partial charge >= 0.3 is 0 Å². The molecule has 0 spiro atoms. The lowest BCUT2D eigenvalue weighted by Crippen LogP contribution is -2.41. The van der Waals surface area contributed by atoms with Gasteiger partial charge in [-0.05, 0) is 57.1 Å². The zero-order chi connectivity index (χ0) is 18.1. The summed E-state index contributed by atoms with van der Waals surface area (Å²) in [5, 5.41) is 13.2. The molecule has 3 rings (SSSR count). The van der Waals surface area contributed by atoms with Crippen LogP contribution in [0.3, 0.4) is 0 Å². The van der Waals surface area contributed by atoms with Crippen LogP contribution >= 0.6 is 0 Å². The Bertz CT molecular complexity index is 730. The van der Waals surface area contributed by atoms with E-state index < -0.39 is 0 Å². The van der Waals surface area contributed by atoms with Crippen molar-refractivity contribution in [2.45, 2.75) is 58.2 Å². The fourth-order valence-corrected chi connectivity index (χ4v) is 3.69. The van der Waals surface area contributed by atoms with Crippen LogP contribution in [0, 0.1) is 12.8 Å². The van der Waals surface area contributed by atoms with Crippen LogP contribution in [-0.2, 0) is 5.54 Å². The molecule has 0 saturated heterocycles. The van der Waals surface area contributed by atoms with Gasteiger partial charge in [-0.25, -0.2) is 0 Å². The van der Waals surface area contributed by atoms with E-state index >= 15 is 0 Å². The van der Waals surface area contributed by atoms with Crippen molar-refractivity contribution < 1.29 is 5.21 Å². The number of aryl methyl sites for hydroxylation is 1. The minimum Gasteiger partial charge on any atom is -0.291 e. The lowest BCUT2D eigenvalue weighted by Gasteiger charge is -2.25. The van der Waals surface area contributed by atoms with Crippen LogP contribution in [0.2, 0.25) is 0 Å². The molecule has 0 radical (unpaired) electrons. The van der Waals surface area contributed by atoms with Gasteiger partial charge in [-0.1, -0.05) is 43.3 Å². The predicted octanol–water partition coefficient (Wildman–Crippen LogP) is 4.21. The molecule has 0 bridgehead atoms. The zero-order valence-electron chi connectivity index (χ0n) is 15.6. The second-order valence-corrected chi connectivity index (χ2v) is 7.37. The van der Waals surface area contributed by atoms with Gasteiger partial charge in [-0.3, -0.25) is 21.0 Å². The Hall–Kier alpha value is -1.91. The van der Waals surface area contributed by atoms with Crippen molar-refractivity contribution in [2.24, 2.45) is 10.9 Å². The van der Waals surface area contributed by atoms with Crippen LogP contribution in [0.25, 0.3) is 0 Å². The Labute approximate surface area is 150 Å². The predicted molar refractivity (Wildman–Crippen MR) is 103 cm³/mol. The summed E-state index contributed by atoms with van der Waals surface area (Å²) in [6.07, 6.45) is 9.05. The number of nitrogens with zero attached hydrogens (tertiary/aromatic N) is 1. The summed E-state index contributed by atoms with van der Waals surface area (Å²) >= 11 is 0. The first-order valence-electron chi connectivity index (χ1n) is 9.14. The third-order valence-corrected chi connectivity index (χ3v) is 5.60. The van der Waals surface area contributed by atoms with E-state index in [4.69, 9.17) is 4.99 Å². The molecule has 2 saturated carbocycles. The van der Waals surface area contributed by atoms with Crippen molar-refractivity contribution in [3.05, 3.63) is 58.8 Å². The Morgan fingerprint density at radius 1 is 1.24 bits per heavy atom. The van der Waals surface area contributed by atoms with E-state index in [1.807, 2.05) is 32.2 Å².